The van der Waals surface area contributed by atoms with Gasteiger partial charge >= 0.3 is 0 Å². The first-order valence-electron chi connectivity index (χ1n) is 7.30. The monoisotopic (exact) mass is 299 g/mol. The standard InChI is InChI=1S/C15H17N5O2/c21-14-12(8-4-5-9-16-14)18-15(22)13-10-17-20(19-13)11-6-2-1-3-7-11/h1-3,6-7,10,12H,4-5,8-9H2,(H,16,21)(H,18,22). The number of nitrogens with zero attached hydrogens (tertiary/aromatic N) is 3. The maximum absolute atomic E-state index is 12.2. The molecule has 1 aromatic heterocycles. The van der Waals surface area contributed by atoms with Crippen molar-refractivity contribution in [2.75, 3.05) is 6.54 Å². The van der Waals surface area contributed by atoms with E-state index in [1.807, 2.05) is 30.3 Å². The molecule has 1 unspecified atom stereocenters. The second-order valence-electron chi connectivity index (χ2n) is 5.17. The van der Waals surface area contributed by atoms with Gasteiger partial charge in [0.2, 0.25) is 5.91 Å². The molecule has 0 saturated carbocycles. The van der Waals surface area contributed by atoms with Crippen molar-refractivity contribution < 1.29 is 9.59 Å². The molecule has 0 radical (unpaired) electrons. The van der Waals surface area contributed by atoms with E-state index in [1.165, 1.54) is 11.0 Å². The van der Waals surface area contributed by atoms with Crippen LogP contribution in [0.15, 0.2) is 36.5 Å². The maximum atomic E-state index is 12.2. The zero-order valence-corrected chi connectivity index (χ0v) is 12.0. The van der Waals surface area contributed by atoms with E-state index in [0.29, 0.717) is 13.0 Å². The average molecular weight is 299 g/mol. The van der Waals surface area contributed by atoms with Crippen LogP contribution in [0.1, 0.15) is 29.8 Å². The minimum absolute atomic E-state index is 0.138. The number of rotatable bonds is 3. The number of hydrogen-bond acceptors (Lipinski definition) is 4. The normalized spacial score (nSPS) is 18.4. The molecule has 7 nitrogen and oxygen atoms in total. The Morgan fingerprint density at radius 2 is 2.09 bits per heavy atom. The SMILES string of the molecule is O=C(NC1CCCCNC1=O)c1cnn(-c2ccccc2)n1. The molecule has 1 atom stereocenters. The summed E-state index contributed by atoms with van der Waals surface area (Å²) >= 11 is 0. The molecule has 2 N–H and O–H groups in total. The van der Waals surface area contributed by atoms with Gasteiger partial charge in [0.1, 0.15) is 6.04 Å². The van der Waals surface area contributed by atoms with E-state index in [9.17, 15) is 9.59 Å². The van der Waals surface area contributed by atoms with E-state index in [2.05, 4.69) is 20.8 Å². The number of carbonyl (C=O) groups is 2. The van der Waals surface area contributed by atoms with Crippen molar-refractivity contribution >= 4 is 11.8 Å². The molecule has 0 aliphatic carbocycles. The molecule has 1 aliphatic heterocycles. The summed E-state index contributed by atoms with van der Waals surface area (Å²) in [5.41, 5.74) is 0.967. The van der Waals surface area contributed by atoms with E-state index in [0.717, 1.165) is 18.5 Å². The Balaban J connectivity index is 1.70. The number of carbonyl (C=O) groups excluding carboxylic acids is 2. The van der Waals surface area contributed by atoms with Gasteiger partial charge in [-0.3, -0.25) is 9.59 Å². The Bertz CT molecular complexity index is 668. The summed E-state index contributed by atoms with van der Waals surface area (Å²) in [6.45, 7) is 0.662. The van der Waals surface area contributed by atoms with Crippen molar-refractivity contribution in [3.8, 4) is 5.69 Å². The minimum atomic E-state index is -0.503. The smallest absolute Gasteiger partial charge is 0.274 e. The number of aromatic nitrogens is 3. The molecule has 22 heavy (non-hydrogen) atoms. The summed E-state index contributed by atoms with van der Waals surface area (Å²) in [6.07, 6.45) is 3.88. The van der Waals surface area contributed by atoms with Gasteiger partial charge in [0.05, 0.1) is 11.9 Å². The molecule has 7 heteroatoms. The van der Waals surface area contributed by atoms with Crippen LogP contribution in [0, 0.1) is 0 Å². The first-order valence-corrected chi connectivity index (χ1v) is 7.30. The summed E-state index contributed by atoms with van der Waals surface area (Å²) in [6, 6.07) is 8.83. The number of benzene rings is 1. The third-order valence-electron chi connectivity index (χ3n) is 3.55. The van der Waals surface area contributed by atoms with Gasteiger partial charge in [0.25, 0.3) is 5.91 Å². The first kappa shape index (κ1) is 14.2. The highest BCUT2D eigenvalue weighted by Gasteiger charge is 2.24. The number of nitrogens with one attached hydrogen (secondary N) is 2. The molecule has 2 heterocycles. The zero-order chi connectivity index (χ0) is 15.4. The highest BCUT2D eigenvalue weighted by Crippen LogP contribution is 2.07. The van der Waals surface area contributed by atoms with Crippen LogP contribution in [-0.4, -0.2) is 39.4 Å². The molecule has 2 aromatic rings. The van der Waals surface area contributed by atoms with Crippen molar-refractivity contribution in [2.45, 2.75) is 25.3 Å². The Labute approximate surface area is 127 Å². The summed E-state index contributed by atoms with van der Waals surface area (Å²) in [7, 11) is 0. The van der Waals surface area contributed by atoms with Crippen LogP contribution in [-0.2, 0) is 4.79 Å². The average Bonchev–Trinajstić information content (AvgIpc) is 2.96. The van der Waals surface area contributed by atoms with Crippen molar-refractivity contribution in [3.05, 3.63) is 42.2 Å². The summed E-state index contributed by atoms with van der Waals surface area (Å²) in [5, 5.41) is 13.7. The molecule has 2 amide bonds. The Kier molecular flexibility index (Phi) is 4.13. The Morgan fingerprint density at radius 1 is 1.27 bits per heavy atom. The van der Waals surface area contributed by atoms with Crippen LogP contribution in [0.5, 0.6) is 0 Å². The largest absolute Gasteiger partial charge is 0.354 e. The van der Waals surface area contributed by atoms with Crippen molar-refractivity contribution in [1.29, 1.82) is 0 Å². The van der Waals surface area contributed by atoms with Crippen LogP contribution >= 0.6 is 0 Å². The van der Waals surface area contributed by atoms with Gasteiger partial charge in [-0.15, -0.1) is 5.10 Å². The molecule has 0 bridgehead atoms. The zero-order valence-electron chi connectivity index (χ0n) is 12.0. The van der Waals surface area contributed by atoms with Crippen LogP contribution < -0.4 is 10.6 Å². The van der Waals surface area contributed by atoms with Crippen molar-refractivity contribution in [2.24, 2.45) is 0 Å². The van der Waals surface area contributed by atoms with Gasteiger partial charge in [-0.25, -0.2) is 0 Å². The lowest BCUT2D eigenvalue weighted by atomic mass is 10.1. The van der Waals surface area contributed by atoms with Crippen molar-refractivity contribution in [1.82, 2.24) is 25.6 Å². The van der Waals surface area contributed by atoms with Gasteiger partial charge in [0, 0.05) is 6.54 Å². The predicted octanol–water partition coefficient (Wildman–Crippen LogP) is 0.666. The van der Waals surface area contributed by atoms with Gasteiger partial charge in [-0.1, -0.05) is 18.2 Å². The molecule has 114 valence electrons. The van der Waals surface area contributed by atoms with E-state index in [4.69, 9.17) is 0 Å². The van der Waals surface area contributed by atoms with E-state index in [1.54, 1.807) is 0 Å². The summed E-state index contributed by atoms with van der Waals surface area (Å²) in [4.78, 5) is 25.4. The fraction of sp³-hybridized carbons (Fsp3) is 0.333. The van der Waals surface area contributed by atoms with Gasteiger partial charge < -0.3 is 10.6 Å². The van der Waals surface area contributed by atoms with Crippen molar-refractivity contribution in [3.63, 3.8) is 0 Å². The second kappa shape index (κ2) is 6.38. The van der Waals surface area contributed by atoms with Crippen LogP contribution in [0.3, 0.4) is 0 Å². The molecule has 1 aromatic carbocycles. The lowest BCUT2D eigenvalue weighted by molar-refractivity contribution is -0.122. The van der Waals surface area contributed by atoms with Gasteiger partial charge in [-0.05, 0) is 31.4 Å². The molecule has 1 fully saturated rings. The third kappa shape index (κ3) is 3.13. The molecule has 1 aliphatic rings. The predicted molar refractivity (Wildman–Crippen MR) is 79.5 cm³/mol. The fourth-order valence-electron chi connectivity index (χ4n) is 2.36. The van der Waals surface area contributed by atoms with E-state index < -0.39 is 6.04 Å². The quantitative estimate of drug-likeness (QED) is 0.871. The maximum Gasteiger partial charge on any atom is 0.274 e. The van der Waals surface area contributed by atoms with Crippen LogP contribution in [0.2, 0.25) is 0 Å². The van der Waals surface area contributed by atoms with Crippen LogP contribution in [0.4, 0.5) is 0 Å². The summed E-state index contributed by atoms with van der Waals surface area (Å²) < 4.78 is 0. The Morgan fingerprint density at radius 3 is 2.91 bits per heavy atom. The lowest BCUT2D eigenvalue weighted by Gasteiger charge is -2.13. The van der Waals surface area contributed by atoms with Crippen LogP contribution in [0.25, 0.3) is 5.69 Å². The first-order chi connectivity index (χ1) is 10.7. The third-order valence-corrected chi connectivity index (χ3v) is 3.55. The molecule has 1 saturated heterocycles. The molecular weight excluding hydrogens is 282 g/mol. The topological polar surface area (TPSA) is 88.9 Å². The number of para-hydroxylation sites is 1. The lowest BCUT2D eigenvalue weighted by Crippen LogP contribution is -2.45. The molecule has 3 rings (SSSR count). The molecular formula is C15H17N5O2. The number of hydrogen-bond donors (Lipinski definition) is 2. The summed E-state index contributed by atoms with van der Waals surface area (Å²) in [5.74, 6) is -0.523. The Hall–Kier alpha value is -2.70. The highest BCUT2D eigenvalue weighted by atomic mass is 16.2. The minimum Gasteiger partial charge on any atom is -0.354 e. The van der Waals surface area contributed by atoms with E-state index in [-0.39, 0.29) is 17.5 Å². The molecule has 0 spiro atoms. The van der Waals surface area contributed by atoms with E-state index >= 15 is 0 Å². The van der Waals surface area contributed by atoms with Gasteiger partial charge in [-0.2, -0.15) is 9.90 Å². The van der Waals surface area contributed by atoms with Gasteiger partial charge in [0.15, 0.2) is 5.69 Å². The highest BCUT2D eigenvalue weighted by molar-refractivity contribution is 5.95. The second-order valence-corrected chi connectivity index (χ2v) is 5.17. The fourth-order valence-corrected chi connectivity index (χ4v) is 2.36. The number of amides is 2.